The fraction of sp³-hybridized carbons (Fsp3) is 0.933. The Hall–Kier alpha value is -0.610. The lowest BCUT2D eigenvalue weighted by molar-refractivity contribution is -0.144. The molecule has 110 valence electrons. The summed E-state index contributed by atoms with van der Waals surface area (Å²) in [5, 5.41) is 12.9. The Morgan fingerprint density at radius 3 is 2.58 bits per heavy atom. The number of nitrogens with one attached hydrogen (secondary N) is 1. The Morgan fingerprint density at radius 1 is 1.32 bits per heavy atom. The van der Waals surface area contributed by atoms with E-state index in [9.17, 15) is 9.90 Å². The maximum Gasteiger partial charge on any atom is 0.307 e. The number of carboxylic acid groups (broad SMARTS) is 1. The topological polar surface area (TPSA) is 52.6 Å². The number of hydrogen-bond donors (Lipinski definition) is 2. The SMILES string of the molecule is CC(C)CNC1CC(C(=O)O)CN(C2CCCC2)C1. The Kier molecular flexibility index (Phi) is 5.22. The summed E-state index contributed by atoms with van der Waals surface area (Å²) in [5.41, 5.74) is 0. The smallest absolute Gasteiger partial charge is 0.307 e. The molecule has 2 atom stereocenters. The number of rotatable bonds is 5. The number of hydrogen-bond acceptors (Lipinski definition) is 3. The third kappa shape index (κ3) is 4.18. The fourth-order valence-electron chi connectivity index (χ4n) is 3.43. The van der Waals surface area contributed by atoms with Gasteiger partial charge in [-0.1, -0.05) is 26.7 Å². The largest absolute Gasteiger partial charge is 0.481 e. The summed E-state index contributed by atoms with van der Waals surface area (Å²) < 4.78 is 0. The van der Waals surface area contributed by atoms with Gasteiger partial charge in [0.1, 0.15) is 0 Å². The fourth-order valence-corrected chi connectivity index (χ4v) is 3.43. The minimum absolute atomic E-state index is 0.195. The van der Waals surface area contributed by atoms with Crippen LogP contribution in [-0.2, 0) is 4.79 Å². The minimum Gasteiger partial charge on any atom is -0.481 e. The molecule has 2 N–H and O–H groups in total. The molecule has 1 heterocycles. The van der Waals surface area contributed by atoms with Crippen LogP contribution in [0.1, 0.15) is 46.0 Å². The first-order chi connectivity index (χ1) is 9.06. The lowest BCUT2D eigenvalue weighted by Gasteiger charge is -2.40. The zero-order valence-corrected chi connectivity index (χ0v) is 12.3. The van der Waals surface area contributed by atoms with Gasteiger partial charge in [-0.2, -0.15) is 0 Å². The van der Waals surface area contributed by atoms with E-state index in [0.717, 1.165) is 26.1 Å². The van der Waals surface area contributed by atoms with Crippen LogP contribution in [0.4, 0.5) is 0 Å². The summed E-state index contributed by atoms with van der Waals surface area (Å²) in [6.45, 7) is 7.15. The lowest BCUT2D eigenvalue weighted by atomic mass is 9.92. The monoisotopic (exact) mass is 268 g/mol. The zero-order valence-electron chi connectivity index (χ0n) is 12.3. The minimum atomic E-state index is -0.626. The summed E-state index contributed by atoms with van der Waals surface area (Å²) in [6, 6.07) is 0.975. The first-order valence-electron chi connectivity index (χ1n) is 7.76. The van der Waals surface area contributed by atoms with E-state index in [1.54, 1.807) is 0 Å². The van der Waals surface area contributed by atoms with Gasteiger partial charge in [0.25, 0.3) is 0 Å². The van der Waals surface area contributed by atoms with Crippen molar-refractivity contribution in [2.75, 3.05) is 19.6 Å². The number of aliphatic carboxylic acids is 1. The molecule has 2 fully saturated rings. The van der Waals surface area contributed by atoms with Gasteiger partial charge in [-0.15, -0.1) is 0 Å². The van der Waals surface area contributed by atoms with Crippen molar-refractivity contribution in [3.8, 4) is 0 Å². The highest BCUT2D eigenvalue weighted by atomic mass is 16.4. The third-order valence-corrected chi connectivity index (χ3v) is 4.48. The Bertz CT molecular complexity index is 301. The van der Waals surface area contributed by atoms with E-state index in [1.807, 2.05) is 0 Å². The van der Waals surface area contributed by atoms with E-state index in [2.05, 4.69) is 24.1 Å². The molecule has 4 nitrogen and oxygen atoms in total. The van der Waals surface area contributed by atoms with Crippen LogP contribution in [-0.4, -0.2) is 47.7 Å². The molecule has 19 heavy (non-hydrogen) atoms. The number of carboxylic acids is 1. The lowest BCUT2D eigenvalue weighted by Crippen LogP contribution is -2.54. The average Bonchev–Trinajstić information content (AvgIpc) is 2.89. The van der Waals surface area contributed by atoms with E-state index in [-0.39, 0.29) is 5.92 Å². The quantitative estimate of drug-likeness (QED) is 0.800. The molecule has 1 saturated heterocycles. The highest BCUT2D eigenvalue weighted by Crippen LogP contribution is 2.28. The van der Waals surface area contributed by atoms with Crippen LogP contribution >= 0.6 is 0 Å². The molecule has 0 amide bonds. The maximum absolute atomic E-state index is 11.3. The molecular formula is C15H28N2O2. The molecule has 2 unspecified atom stereocenters. The molecule has 1 saturated carbocycles. The van der Waals surface area contributed by atoms with Crippen molar-refractivity contribution in [3.63, 3.8) is 0 Å². The molecule has 1 aliphatic heterocycles. The summed E-state index contributed by atoms with van der Waals surface area (Å²) >= 11 is 0. The molecule has 1 aliphatic carbocycles. The van der Waals surface area contributed by atoms with Crippen molar-refractivity contribution in [1.29, 1.82) is 0 Å². The van der Waals surface area contributed by atoms with Crippen LogP contribution in [0, 0.1) is 11.8 Å². The molecule has 0 bridgehead atoms. The molecule has 2 aliphatic rings. The second-order valence-corrected chi connectivity index (χ2v) is 6.66. The third-order valence-electron chi connectivity index (χ3n) is 4.48. The second-order valence-electron chi connectivity index (χ2n) is 6.66. The first-order valence-corrected chi connectivity index (χ1v) is 7.76. The highest BCUT2D eigenvalue weighted by molar-refractivity contribution is 5.70. The van der Waals surface area contributed by atoms with Crippen molar-refractivity contribution in [2.45, 2.75) is 58.0 Å². The van der Waals surface area contributed by atoms with Crippen molar-refractivity contribution >= 4 is 5.97 Å². The average molecular weight is 268 g/mol. The number of carbonyl (C=O) groups is 1. The Morgan fingerprint density at radius 2 is 2.00 bits per heavy atom. The molecule has 2 rings (SSSR count). The van der Waals surface area contributed by atoms with Crippen LogP contribution < -0.4 is 5.32 Å². The van der Waals surface area contributed by atoms with Crippen molar-refractivity contribution in [3.05, 3.63) is 0 Å². The Labute approximate surface area is 116 Å². The van der Waals surface area contributed by atoms with Gasteiger partial charge in [0.15, 0.2) is 0 Å². The summed E-state index contributed by atoms with van der Waals surface area (Å²) in [5.74, 6) is -0.205. The number of nitrogens with zero attached hydrogens (tertiary/aromatic N) is 1. The van der Waals surface area contributed by atoms with Crippen molar-refractivity contribution in [2.24, 2.45) is 11.8 Å². The molecule has 0 aromatic heterocycles. The van der Waals surface area contributed by atoms with E-state index >= 15 is 0 Å². The molecule has 0 radical (unpaired) electrons. The molecule has 0 aromatic rings. The maximum atomic E-state index is 11.3. The first kappa shape index (κ1) is 14.8. The van der Waals surface area contributed by atoms with Gasteiger partial charge in [0, 0.05) is 25.2 Å². The molecule has 4 heteroatoms. The van der Waals surface area contributed by atoms with Gasteiger partial charge in [0.2, 0.25) is 0 Å². The predicted molar refractivity (Wildman–Crippen MR) is 76.2 cm³/mol. The van der Waals surface area contributed by atoms with Gasteiger partial charge in [-0.25, -0.2) is 0 Å². The van der Waals surface area contributed by atoms with Gasteiger partial charge >= 0.3 is 5.97 Å². The normalized spacial score (nSPS) is 30.1. The summed E-state index contributed by atoms with van der Waals surface area (Å²) in [6.07, 6.45) is 5.91. The van der Waals surface area contributed by atoms with E-state index in [0.29, 0.717) is 18.0 Å². The number of piperidine rings is 1. The Balaban J connectivity index is 1.93. The summed E-state index contributed by atoms with van der Waals surface area (Å²) in [4.78, 5) is 13.8. The van der Waals surface area contributed by atoms with Gasteiger partial charge in [-0.05, 0) is 31.7 Å². The van der Waals surface area contributed by atoms with Gasteiger partial charge < -0.3 is 10.4 Å². The number of likely N-dealkylation sites (tertiary alicyclic amines) is 1. The van der Waals surface area contributed by atoms with Crippen LogP contribution in [0.2, 0.25) is 0 Å². The van der Waals surface area contributed by atoms with Gasteiger partial charge in [0.05, 0.1) is 5.92 Å². The molecular weight excluding hydrogens is 240 g/mol. The van der Waals surface area contributed by atoms with Crippen LogP contribution in [0.25, 0.3) is 0 Å². The molecule has 0 aromatic carbocycles. The van der Waals surface area contributed by atoms with Crippen molar-refractivity contribution < 1.29 is 9.90 Å². The summed E-state index contributed by atoms with van der Waals surface area (Å²) in [7, 11) is 0. The van der Waals surface area contributed by atoms with Crippen molar-refractivity contribution in [1.82, 2.24) is 10.2 Å². The second kappa shape index (κ2) is 6.71. The standard InChI is InChI=1S/C15H28N2O2/c1-11(2)8-16-13-7-12(15(18)19)9-17(10-13)14-5-3-4-6-14/h11-14,16H,3-10H2,1-2H3,(H,18,19). The zero-order chi connectivity index (χ0) is 13.8. The van der Waals surface area contributed by atoms with E-state index in [1.165, 1.54) is 25.7 Å². The van der Waals surface area contributed by atoms with Gasteiger partial charge in [-0.3, -0.25) is 9.69 Å². The highest BCUT2D eigenvalue weighted by Gasteiger charge is 2.35. The molecule has 0 spiro atoms. The van der Waals surface area contributed by atoms with Crippen LogP contribution in [0.5, 0.6) is 0 Å². The van der Waals surface area contributed by atoms with E-state index < -0.39 is 5.97 Å². The van der Waals surface area contributed by atoms with E-state index in [4.69, 9.17) is 0 Å². The predicted octanol–water partition coefficient (Wildman–Crippen LogP) is 1.95. The van der Waals surface area contributed by atoms with Crippen LogP contribution in [0.3, 0.4) is 0 Å². The van der Waals surface area contributed by atoms with Crippen LogP contribution in [0.15, 0.2) is 0 Å².